The Balaban J connectivity index is 2.68. The minimum atomic E-state index is 0.0130. The zero-order valence-corrected chi connectivity index (χ0v) is 12.3. The van der Waals surface area contributed by atoms with Gasteiger partial charge in [0.2, 0.25) is 11.8 Å². The molecule has 0 fully saturated rings. The molecular formula is C13H22ClN3O. The number of nitrogens with one attached hydrogen (secondary N) is 1. The van der Waals surface area contributed by atoms with Gasteiger partial charge in [0.1, 0.15) is 0 Å². The van der Waals surface area contributed by atoms with Gasteiger partial charge in [-0.05, 0) is 18.8 Å². The van der Waals surface area contributed by atoms with Gasteiger partial charge < -0.3 is 10.1 Å². The third-order valence-electron chi connectivity index (χ3n) is 2.37. The molecule has 0 aromatic carbocycles. The van der Waals surface area contributed by atoms with E-state index in [2.05, 4.69) is 36.1 Å². The standard InChI is InChI=1S/C13H22ClN3O/c1-5-6-18-11-7-10(2)16-12(17-11)15-9-13(3,4)8-14/h7H,5-6,8-9H2,1-4H3,(H,15,16,17). The summed E-state index contributed by atoms with van der Waals surface area (Å²) in [6.07, 6.45) is 0.963. The van der Waals surface area contributed by atoms with Crippen LogP contribution >= 0.6 is 11.6 Å². The van der Waals surface area contributed by atoms with Crippen LogP contribution in [0.3, 0.4) is 0 Å². The first-order valence-electron chi connectivity index (χ1n) is 6.25. The number of nitrogens with zero attached hydrogens (tertiary/aromatic N) is 2. The Kier molecular flexibility index (Phi) is 5.66. The lowest BCUT2D eigenvalue weighted by molar-refractivity contribution is 0.304. The molecule has 0 saturated carbocycles. The van der Waals surface area contributed by atoms with E-state index in [0.29, 0.717) is 24.3 Å². The molecule has 0 spiro atoms. The molecule has 0 saturated heterocycles. The first-order chi connectivity index (χ1) is 8.46. The third kappa shape index (κ3) is 5.08. The maximum absolute atomic E-state index is 5.88. The van der Waals surface area contributed by atoms with Gasteiger partial charge in [-0.25, -0.2) is 4.98 Å². The molecule has 1 heterocycles. The molecule has 0 bridgehead atoms. The quantitative estimate of drug-likeness (QED) is 0.774. The number of hydrogen-bond donors (Lipinski definition) is 1. The van der Waals surface area contributed by atoms with Crippen molar-refractivity contribution in [1.29, 1.82) is 0 Å². The van der Waals surface area contributed by atoms with Crippen molar-refractivity contribution in [3.63, 3.8) is 0 Å². The molecule has 0 atom stereocenters. The molecule has 4 nitrogen and oxygen atoms in total. The number of anilines is 1. The average Bonchev–Trinajstić information content (AvgIpc) is 2.33. The Bertz CT molecular complexity index is 382. The van der Waals surface area contributed by atoms with E-state index in [0.717, 1.165) is 18.7 Å². The zero-order chi connectivity index (χ0) is 13.6. The van der Waals surface area contributed by atoms with Crippen LogP contribution in [0.15, 0.2) is 6.07 Å². The number of alkyl halides is 1. The van der Waals surface area contributed by atoms with E-state index < -0.39 is 0 Å². The SMILES string of the molecule is CCCOc1cc(C)nc(NCC(C)(C)CCl)n1. The highest BCUT2D eigenvalue weighted by molar-refractivity contribution is 6.18. The summed E-state index contributed by atoms with van der Waals surface area (Å²) < 4.78 is 5.52. The Morgan fingerprint density at radius 2 is 2.11 bits per heavy atom. The van der Waals surface area contributed by atoms with Crippen LogP contribution < -0.4 is 10.1 Å². The summed E-state index contributed by atoms with van der Waals surface area (Å²) in [4.78, 5) is 8.65. The highest BCUT2D eigenvalue weighted by Gasteiger charge is 2.16. The molecule has 102 valence electrons. The van der Waals surface area contributed by atoms with Crippen molar-refractivity contribution < 1.29 is 4.74 Å². The number of aryl methyl sites for hydroxylation is 1. The zero-order valence-electron chi connectivity index (χ0n) is 11.6. The van der Waals surface area contributed by atoms with E-state index in [9.17, 15) is 0 Å². The van der Waals surface area contributed by atoms with Gasteiger partial charge in [-0.15, -0.1) is 11.6 Å². The summed E-state index contributed by atoms with van der Waals surface area (Å²) in [6.45, 7) is 9.58. The minimum absolute atomic E-state index is 0.0130. The molecule has 1 rings (SSSR count). The first-order valence-corrected chi connectivity index (χ1v) is 6.78. The average molecular weight is 272 g/mol. The Morgan fingerprint density at radius 3 is 2.72 bits per heavy atom. The fraction of sp³-hybridized carbons (Fsp3) is 0.692. The van der Waals surface area contributed by atoms with Gasteiger partial charge in [0.05, 0.1) is 6.61 Å². The summed E-state index contributed by atoms with van der Waals surface area (Å²) in [5.41, 5.74) is 0.904. The fourth-order valence-corrected chi connectivity index (χ4v) is 1.36. The number of halogens is 1. The molecule has 0 amide bonds. The van der Waals surface area contributed by atoms with Crippen LogP contribution in [0.5, 0.6) is 5.88 Å². The lowest BCUT2D eigenvalue weighted by Crippen LogP contribution is -2.25. The van der Waals surface area contributed by atoms with Crippen molar-refractivity contribution in [2.24, 2.45) is 5.41 Å². The number of hydrogen-bond acceptors (Lipinski definition) is 4. The first kappa shape index (κ1) is 15.0. The topological polar surface area (TPSA) is 47.0 Å². The summed E-state index contributed by atoms with van der Waals surface area (Å²) in [5, 5.41) is 3.21. The van der Waals surface area contributed by atoms with Crippen LogP contribution in [0.25, 0.3) is 0 Å². The number of rotatable bonds is 7. The Morgan fingerprint density at radius 1 is 1.39 bits per heavy atom. The van der Waals surface area contributed by atoms with E-state index in [1.165, 1.54) is 0 Å². The second-order valence-electron chi connectivity index (χ2n) is 5.17. The van der Waals surface area contributed by atoms with Crippen molar-refractivity contribution in [1.82, 2.24) is 9.97 Å². The maximum atomic E-state index is 5.88. The summed E-state index contributed by atoms with van der Waals surface area (Å²) in [5.74, 6) is 1.81. The Labute approximate surface area is 114 Å². The van der Waals surface area contributed by atoms with Gasteiger partial charge in [0.15, 0.2) is 0 Å². The van der Waals surface area contributed by atoms with Crippen LogP contribution in [0.2, 0.25) is 0 Å². The summed E-state index contributed by atoms with van der Waals surface area (Å²) in [6, 6.07) is 1.84. The van der Waals surface area contributed by atoms with Gasteiger partial charge >= 0.3 is 0 Å². The largest absolute Gasteiger partial charge is 0.478 e. The smallest absolute Gasteiger partial charge is 0.226 e. The Hall–Kier alpha value is -1.03. The van der Waals surface area contributed by atoms with E-state index in [1.807, 2.05) is 13.0 Å². The molecule has 1 N–H and O–H groups in total. The molecular weight excluding hydrogens is 250 g/mol. The van der Waals surface area contributed by atoms with Crippen LogP contribution in [0, 0.1) is 12.3 Å². The normalized spacial score (nSPS) is 11.4. The summed E-state index contributed by atoms with van der Waals surface area (Å²) in [7, 11) is 0. The molecule has 1 aromatic rings. The van der Waals surface area contributed by atoms with Crippen LogP contribution in [-0.4, -0.2) is 29.0 Å². The number of ether oxygens (including phenoxy) is 1. The van der Waals surface area contributed by atoms with E-state index in [1.54, 1.807) is 0 Å². The van der Waals surface area contributed by atoms with Crippen molar-refractivity contribution >= 4 is 17.5 Å². The van der Waals surface area contributed by atoms with Crippen molar-refractivity contribution in [3.05, 3.63) is 11.8 Å². The van der Waals surface area contributed by atoms with E-state index in [4.69, 9.17) is 16.3 Å². The van der Waals surface area contributed by atoms with Crippen LogP contribution in [0.1, 0.15) is 32.9 Å². The lowest BCUT2D eigenvalue weighted by atomic mass is 9.97. The van der Waals surface area contributed by atoms with Crippen molar-refractivity contribution in [2.75, 3.05) is 24.3 Å². The molecule has 0 radical (unpaired) electrons. The van der Waals surface area contributed by atoms with Gasteiger partial charge in [0, 0.05) is 24.2 Å². The maximum Gasteiger partial charge on any atom is 0.226 e. The molecule has 0 unspecified atom stereocenters. The lowest BCUT2D eigenvalue weighted by Gasteiger charge is -2.21. The van der Waals surface area contributed by atoms with Gasteiger partial charge in [-0.2, -0.15) is 4.98 Å². The van der Waals surface area contributed by atoms with Gasteiger partial charge in [-0.3, -0.25) is 0 Å². The van der Waals surface area contributed by atoms with Gasteiger partial charge in [0.25, 0.3) is 0 Å². The van der Waals surface area contributed by atoms with E-state index >= 15 is 0 Å². The highest BCUT2D eigenvalue weighted by Crippen LogP contribution is 2.18. The summed E-state index contributed by atoms with van der Waals surface area (Å²) >= 11 is 5.88. The third-order valence-corrected chi connectivity index (χ3v) is 3.10. The predicted octanol–water partition coefficient (Wildman–Crippen LogP) is 3.25. The van der Waals surface area contributed by atoms with Crippen molar-refractivity contribution in [3.8, 4) is 5.88 Å². The molecule has 0 aliphatic carbocycles. The molecule has 0 aliphatic rings. The minimum Gasteiger partial charge on any atom is -0.478 e. The molecule has 5 heteroatoms. The molecule has 1 aromatic heterocycles. The number of aromatic nitrogens is 2. The van der Waals surface area contributed by atoms with Crippen molar-refractivity contribution in [2.45, 2.75) is 34.1 Å². The highest BCUT2D eigenvalue weighted by atomic mass is 35.5. The second-order valence-corrected chi connectivity index (χ2v) is 5.44. The molecule has 18 heavy (non-hydrogen) atoms. The fourth-order valence-electron chi connectivity index (χ4n) is 1.26. The van der Waals surface area contributed by atoms with Crippen LogP contribution in [0.4, 0.5) is 5.95 Å². The molecule has 0 aliphatic heterocycles. The monoisotopic (exact) mass is 271 g/mol. The van der Waals surface area contributed by atoms with Crippen LogP contribution in [-0.2, 0) is 0 Å². The van der Waals surface area contributed by atoms with E-state index in [-0.39, 0.29) is 5.41 Å². The second kappa shape index (κ2) is 6.78. The van der Waals surface area contributed by atoms with Gasteiger partial charge in [-0.1, -0.05) is 20.8 Å². The predicted molar refractivity (Wildman–Crippen MR) is 75.5 cm³/mol.